The van der Waals surface area contributed by atoms with E-state index in [2.05, 4.69) is 15.0 Å². The summed E-state index contributed by atoms with van der Waals surface area (Å²) in [5.74, 6) is -0.718. The topological polar surface area (TPSA) is 102 Å². The van der Waals surface area contributed by atoms with E-state index in [0.29, 0.717) is 0 Å². The van der Waals surface area contributed by atoms with E-state index in [1.807, 2.05) is 0 Å². The Morgan fingerprint density at radius 1 is 1.60 bits per heavy atom. The molecule has 2 atom stereocenters. The SMILES string of the molecule is [N-]=[N+]=NCC(O)C(O)c1ncccc1F. The van der Waals surface area contributed by atoms with Crippen LogP contribution in [0.25, 0.3) is 10.4 Å². The maximum Gasteiger partial charge on any atom is 0.147 e. The molecule has 2 N–H and O–H groups in total. The highest BCUT2D eigenvalue weighted by Gasteiger charge is 2.21. The van der Waals surface area contributed by atoms with E-state index in [-0.39, 0.29) is 12.2 Å². The molecule has 7 heteroatoms. The summed E-state index contributed by atoms with van der Waals surface area (Å²) >= 11 is 0. The minimum Gasteiger partial charge on any atom is -0.390 e. The Hall–Kier alpha value is -1.69. The molecule has 1 aromatic rings. The molecule has 6 nitrogen and oxygen atoms in total. The molecule has 2 unspecified atom stereocenters. The van der Waals surface area contributed by atoms with E-state index < -0.39 is 18.0 Å². The summed E-state index contributed by atoms with van der Waals surface area (Å²) in [6, 6.07) is 2.48. The van der Waals surface area contributed by atoms with Gasteiger partial charge in [0.2, 0.25) is 0 Å². The van der Waals surface area contributed by atoms with Gasteiger partial charge < -0.3 is 10.2 Å². The minimum atomic E-state index is -1.50. The van der Waals surface area contributed by atoms with Crippen LogP contribution in [0.4, 0.5) is 4.39 Å². The molecule has 0 fully saturated rings. The molecule has 0 saturated heterocycles. The van der Waals surface area contributed by atoms with E-state index >= 15 is 0 Å². The van der Waals surface area contributed by atoms with Crippen molar-refractivity contribution in [2.24, 2.45) is 5.11 Å². The van der Waals surface area contributed by atoms with Crippen molar-refractivity contribution in [1.29, 1.82) is 0 Å². The van der Waals surface area contributed by atoms with Crippen molar-refractivity contribution in [1.82, 2.24) is 4.98 Å². The van der Waals surface area contributed by atoms with Crippen LogP contribution in [0.5, 0.6) is 0 Å². The summed E-state index contributed by atoms with van der Waals surface area (Å²) in [6.45, 7) is -0.340. The smallest absolute Gasteiger partial charge is 0.147 e. The van der Waals surface area contributed by atoms with E-state index in [1.165, 1.54) is 12.3 Å². The maximum absolute atomic E-state index is 13.1. The third-order valence-electron chi connectivity index (χ3n) is 1.76. The van der Waals surface area contributed by atoms with E-state index in [1.54, 1.807) is 0 Å². The molecule has 0 bridgehead atoms. The number of pyridine rings is 1. The number of aliphatic hydroxyl groups excluding tert-OH is 2. The summed E-state index contributed by atoms with van der Waals surface area (Å²) in [6.07, 6.45) is -1.58. The second-order valence-corrected chi connectivity index (χ2v) is 2.80. The molecule has 1 aromatic heterocycles. The summed E-state index contributed by atoms with van der Waals surface area (Å²) in [5.41, 5.74) is 7.73. The summed E-state index contributed by atoms with van der Waals surface area (Å²) in [5, 5.41) is 21.8. The highest BCUT2D eigenvalue weighted by Crippen LogP contribution is 2.17. The van der Waals surface area contributed by atoms with Crippen molar-refractivity contribution in [2.45, 2.75) is 12.2 Å². The zero-order valence-electron chi connectivity index (χ0n) is 7.66. The Balaban J connectivity index is 2.79. The Morgan fingerprint density at radius 3 is 2.93 bits per heavy atom. The molecule has 80 valence electrons. The van der Waals surface area contributed by atoms with Gasteiger partial charge in [-0.1, -0.05) is 5.11 Å². The monoisotopic (exact) mass is 212 g/mol. The van der Waals surface area contributed by atoms with Crippen LogP contribution in [0, 0.1) is 5.82 Å². The fraction of sp³-hybridized carbons (Fsp3) is 0.375. The molecule has 0 spiro atoms. The van der Waals surface area contributed by atoms with Gasteiger partial charge in [-0.15, -0.1) is 0 Å². The van der Waals surface area contributed by atoms with Crippen LogP contribution in [0.2, 0.25) is 0 Å². The van der Waals surface area contributed by atoms with Gasteiger partial charge in [-0.05, 0) is 17.7 Å². The predicted molar refractivity (Wildman–Crippen MR) is 49.2 cm³/mol. The number of azide groups is 1. The van der Waals surface area contributed by atoms with Gasteiger partial charge in [-0.2, -0.15) is 0 Å². The van der Waals surface area contributed by atoms with Crippen molar-refractivity contribution in [3.8, 4) is 0 Å². The van der Waals surface area contributed by atoms with Gasteiger partial charge in [0.05, 0.1) is 12.6 Å². The first-order valence-electron chi connectivity index (χ1n) is 4.14. The van der Waals surface area contributed by atoms with E-state index in [4.69, 9.17) is 5.53 Å². The molecule has 0 aliphatic carbocycles. The number of hydrogen-bond donors (Lipinski definition) is 2. The summed E-state index contributed by atoms with van der Waals surface area (Å²) in [4.78, 5) is 6.00. The van der Waals surface area contributed by atoms with Crippen LogP contribution < -0.4 is 0 Å². The van der Waals surface area contributed by atoms with Crippen molar-refractivity contribution >= 4 is 0 Å². The predicted octanol–water partition coefficient (Wildman–Crippen LogP) is 0.925. The van der Waals surface area contributed by atoms with Crippen LogP contribution in [0.1, 0.15) is 11.8 Å². The van der Waals surface area contributed by atoms with Crippen LogP contribution in [0.3, 0.4) is 0 Å². The van der Waals surface area contributed by atoms with Gasteiger partial charge in [0, 0.05) is 11.1 Å². The van der Waals surface area contributed by atoms with Gasteiger partial charge in [0.25, 0.3) is 0 Å². The zero-order valence-corrected chi connectivity index (χ0v) is 7.66. The number of aliphatic hydroxyl groups is 2. The average Bonchev–Trinajstić information content (AvgIpc) is 2.25. The van der Waals surface area contributed by atoms with Crippen molar-refractivity contribution in [3.05, 3.63) is 40.3 Å². The fourth-order valence-corrected chi connectivity index (χ4v) is 1.02. The largest absolute Gasteiger partial charge is 0.390 e. The van der Waals surface area contributed by atoms with Crippen LogP contribution in [-0.4, -0.2) is 27.8 Å². The highest BCUT2D eigenvalue weighted by atomic mass is 19.1. The molecule has 0 radical (unpaired) electrons. The molecule has 1 heterocycles. The van der Waals surface area contributed by atoms with Crippen LogP contribution in [0.15, 0.2) is 23.4 Å². The van der Waals surface area contributed by atoms with Crippen LogP contribution >= 0.6 is 0 Å². The number of nitrogens with zero attached hydrogens (tertiary/aromatic N) is 4. The Kier molecular flexibility index (Phi) is 3.99. The molecule has 0 saturated carbocycles. The van der Waals surface area contributed by atoms with Crippen molar-refractivity contribution in [2.75, 3.05) is 6.54 Å². The number of hydrogen-bond acceptors (Lipinski definition) is 4. The molecule has 0 aromatic carbocycles. The first-order chi connectivity index (χ1) is 7.16. The Bertz CT molecular complexity index is 381. The van der Waals surface area contributed by atoms with Crippen molar-refractivity contribution < 1.29 is 14.6 Å². The number of rotatable bonds is 4. The number of halogens is 1. The zero-order chi connectivity index (χ0) is 11.3. The molecular weight excluding hydrogens is 203 g/mol. The molecular formula is C8H9FN4O2. The lowest BCUT2D eigenvalue weighted by Gasteiger charge is -2.15. The third kappa shape index (κ3) is 2.88. The van der Waals surface area contributed by atoms with Gasteiger partial charge >= 0.3 is 0 Å². The molecule has 0 aliphatic heterocycles. The quantitative estimate of drug-likeness (QED) is 0.440. The first kappa shape index (κ1) is 11.4. The average molecular weight is 212 g/mol. The highest BCUT2D eigenvalue weighted by molar-refractivity contribution is 5.11. The Morgan fingerprint density at radius 2 is 2.33 bits per heavy atom. The second kappa shape index (κ2) is 5.26. The normalized spacial score (nSPS) is 14.1. The maximum atomic E-state index is 13.1. The van der Waals surface area contributed by atoms with Gasteiger partial charge in [0.1, 0.15) is 17.6 Å². The Labute approximate surface area is 84.6 Å². The molecule has 0 aliphatic rings. The van der Waals surface area contributed by atoms with E-state index in [9.17, 15) is 14.6 Å². The lowest BCUT2D eigenvalue weighted by molar-refractivity contribution is 0.0194. The van der Waals surface area contributed by atoms with Crippen molar-refractivity contribution in [3.63, 3.8) is 0 Å². The molecule has 15 heavy (non-hydrogen) atoms. The fourth-order valence-electron chi connectivity index (χ4n) is 1.02. The van der Waals surface area contributed by atoms with Gasteiger partial charge in [-0.25, -0.2) is 4.39 Å². The molecule has 0 amide bonds. The lowest BCUT2D eigenvalue weighted by Crippen LogP contribution is -2.23. The van der Waals surface area contributed by atoms with Gasteiger partial charge in [0.15, 0.2) is 0 Å². The summed E-state index contributed by atoms with van der Waals surface area (Å²) < 4.78 is 13.1. The number of aromatic nitrogens is 1. The standard InChI is InChI=1S/C8H9FN4O2/c9-5-2-1-3-11-7(5)8(15)6(14)4-12-13-10/h1-3,6,8,14-15H,4H2. The second-order valence-electron chi connectivity index (χ2n) is 2.80. The van der Waals surface area contributed by atoms with E-state index in [0.717, 1.165) is 6.07 Å². The lowest BCUT2D eigenvalue weighted by atomic mass is 10.1. The minimum absolute atomic E-state index is 0.266. The third-order valence-corrected chi connectivity index (χ3v) is 1.76. The summed E-state index contributed by atoms with van der Waals surface area (Å²) in [7, 11) is 0. The van der Waals surface area contributed by atoms with Crippen LogP contribution in [-0.2, 0) is 0 Å². The van der Waals surface area contributed by atoms with Gasteiger partial charge in [-0.3, -0.25) is 4.98 Å². The first-order valence-corrected chi connectivity index (χ1v) is 4.14. The molecule has 1 rings (SSSR count).